The van der Waals surface area contributed by atoms with Crippen molar-refractivity contribution < 1.29 is 33.2 Å². The summed E-state index contributed by atoms with van der Waals surface area (Å²) >= 11 is 1.04. The standard InChI is InChI=1S/C10H15F3N2O4S/c11-10(12,13)1-2-14-9-15-5-7(18)6(17)4(3-16)19-8(5)20-9/h4-8,16-18H,1-3H2,(H,14,15). The molecule has 0 spiro atoms. The van der Waals surface area contributed by atoms with Gasteiger partial charge in [0.15, 0.2) is 5.17 Å². The molecular formula is C10H15F3N2O4S. The Morgan fingerprint density at radius 1 is 1.30 bits per heavy atom. The molecule has 0 aromatic heterocycles. The van der Waals surface area contributed by atoms with E-state index < -0.39 is 55.5 Å². The summed E-state index contributed by atoms with van der Waals surface area (Å²) in [5.41, 5.74) is -0.602. The van der Waals surface area contributed by atoms with Crippen LogP contribution in [0.4, 0.5) is 13.2 Å². The van der Waals surface area contributed by atoms with Gasteiger partial charge in [0, 0.05) is 0 Å². The Kier molecular flexibility index (Phi) is 4.80. The van der Waals surface area contributed by atoms with Crippen LogP contribution in [0.25, 0.3) is 0 Å². The van der Waals surface area contributed by atoms with Crippen molar-refractivity contribution in [2.24, 2.45) is 4.99 Å². The number of nitrogens with one attached hydrogen (secondary N) is 1. The van der Waals surface area contributed by atoms with Crippen molar-refractivity contribution in [3.05, 3.63) is 0 Å². The van der Waals surface area contributed by atoms with Gasteiger partial charge in [-0.2, -0.15) is 13.2 Å². The number of fused-ring (bicyclic) bond motifs is 1. The molecule has 0 aromatic carbocycles. The van der Waals surface area contributed by atoms with Crippen molar-refractivity contribution in [3.63, 3.8) is 0 Å². The number of aliphatic hydroxyl groups excluding tert-OH is 3. The maximum atomic E-state index is 12.0. The van der Waals surface area contributed by atoms with Crippen LogP contribution in [0.2, 0.25) is 0 Å². The van der Waals surface area contributed by atoms with Gasteiger partial charge in [-0.3, -0.25) is 4.99 Å². The lowest BCUT2D eigenvalue weighted by Gasteiger charge is -2.38. The first-order valence-electron chi connectivity index (χ1n) is 5.98. The Morgan fingerprint density at radius 2 is 2.00 bits per heavy atom. The second-order valence-electron chi connectivity index (χ2n) is 4.55. The van der Waals surface area contributed by atoms with E-state index in [1.165, 1.54) is 0 Å². The molecule has 0 aromatic rings. The van der Waals surface area contributed by atoms with Gasteiger partial charge in [0.2, 0.25) is 0 Å². The minimum Gasteiger partial charge on any atom is -0.394 e. The Labute approximate surface area is 117 Å². The van der Waals surface area contributed by atoms with E-state index in [4.69, 9.17) is 9.84 Å². The third-order valence-corrected chi connectivity index (χ3v) is 4.16. The fourth-order valence-electron chi connectivity index (χ4n) is 1.99. The summed E-state index contributed by atoms with van der Waals surface area (Å²) in [5, 5.41) is 31.5. The van der Waals surface area contributed by atoms with Crippen LogP contribution >= 0.6 is 11.8 Å². The lowest BCUT2D eigenvalue weighted by molar-refractivity contribution is -0.167. The molecule has 0 aliphatic carbocycles. The monoisotopic (exact) mass is 316 g/mol. The van der Waals surface area contributed by atoms with Gasteiger partial charge < -0.3 is 25.4 Å². The number of ether oxygens (including phenoxy) is 1. The fraction of sp³-hybridized carbons (Fsp3) is 0.900. The first kappa shape index (κ1) is 15.8. The van der Waals surface area contributed by atoms with E-state index in [-0.39, 0.29) is 5.17 Å². The number of hydrogen-bond donors (Lipinski definition) is 4. The zero-order valence-corrected chi connectivity index (χ0v) is 11.1. The quantitative estimate of drug-likeness (QED) is 0.558. The number of aliphatic imine (C=N–C) groups is 1. The largest absolute Gasteiger partial charge is 0.394 e. The number of nitrogens with zero attached hydrogens (tertiary/aromatic N) is 1. The molecule has 5 atom stereocenters. The molecule has 5 unspecified atom stereocenters. The van der Waals surface area contributed by atoms with E-state index in [1.54, 1.807) is 0 Å². The van der Waals surface area contributed by atoms with Gasteiger partial charge in [0.05, 0.1) is 25.6 Å². The molecule has 0 bridgehead atoms. The van der Waals surface area contributed by atoms with Crippen molar-refractivity contribution in [1.29, 1.82) is 0 Å². The molecule has 116 valence electrons. The van der Waals surface area contributed by atoms with Crippen LogP contribution in [0.15, 0.2) is 4.99 Å². The summed E-state index contributed by atoms with van der Waals surface area (Å²) in [5.74, 6) is 0. The first-order chi connectivity index (χ1) is 9.31. The van der Waals surface area contributed by atoms with Gasteiger partial charge in [-0.1, -0.05) is 11.8 Å². The summed E-state index contributed by atoms with van der Waals surface area (Å²) in [7, 11) is 0. The van der Waals surface area contributed by atoms with Crippen molar-refractivity contribution in [3.8, 4) is 0 Å². The van der Waals surface area contributed by atoms with Gasteiger partial charge in [0.1, 0.15) is 23.7 Å². The molecule has 2 aliphatic heterocycles. The molecule has 20 heavy (non-hydrogen) atoms. The van der Waals surface area contributed by atoms with Gasteiger partial charge in [-0.15, -0.1) is 0 Å². The Hall–Kier alpha value is -0.550. The molecule has 0 amide bonds. The highest BCUT2D eigenvalue weighted by Crippen LogP contribution is 2.33. The van der Waals surface area contributed by atoms with Gasteiger partial charge in [-0.25, -0.2) is 0 Å². The zero-order valence-electron chi connectivity index (χ0n) is 10.2. The van der Waals surface area contributed by atoms with Gasteiger partial charge >= 0.3 is 6.18 Å². The highest BCUT2D eigenvalue weighted by atomic mass is 32.2. The molecule has 2 saturated heterocycles. The third kappa shape index (κ3) is 3.55. The number of alkyl halides is 3. The Bertz CT molecular complexity index is 382. The minimum atomic E-state index is -4.27. The van der Waals surface area contributed by atoms with Gasteiger partial charge in [-0.05, 0) is 0 Å². The van der Waals surface area contributed by atoms with Crippen LogP contribution in [0, 0.1) is 0 Å². The molecule has 4 N–H and O–H groups in total. The lowest BCUT2D eigenvalue weighted by Crippen LogP contribution is -2.59. The first-order valence-corrected chi connectivity index (χ1v) is 6.86. The van der Waals surface area contributed by atoms with Crippen LogP contribution in [-0.2, 0) is 4.74 Å². The number of halogens is 3. The predicted molar refractivity (Wildman–Crippen MR) is 65.2 cm³/mol. The molecule has 10 heteroatoms. The minimum absolute atomic E-state index is 0.231. The lowest BCUT2D eigenvalue weighted by atomic mass is 9.98. The number of hydrogen-bond acceptors (Lipinski definition) is 6. The summed E-state index contributed by atoms with van der Waals surface area (Å²) < 4.78 is 41.4. The maximum absolute atomic E-state index is 12.0. The van der Waals surface area contributed by atoms with Gasteiger partial charge in [0.25, 0.3) is 0 Å². The summed E-state index contributed by atoms with van der Waals surface area (Å²) in [6.07, 6.45) is -8.67. The Balaban J connectivity index is 1.95. The number of rotatable bonds is 3. The van der Waals surface area contributed by atoms with Crippen LogP contribution in [0.1, 0.15) is 6.42 Å². The highest BCUT2D eigenvalue weighted by molar-refractivity contribution is 8.14. The predicted octanol–water partition coefficient (Wildman–Crippen LogP) is -0.561. The molecule has 2 aliphatic rings. The molecular weight excluding hydrogens is 301 g/mol. The van der Waals surface area contributed by atoms with E-state index in [0.29, 0.717) is 0 Å². The third-order valence-electron chi connectivity index (χ3n) is 3.05. The normalized spacial score (nSPS) is 39.7. The fourth-order valence-corrected chi connectivity index (χ4v) is 3.15. The number of amidine groups is 1. The molecule has 2 rings (SSSR count). The van der Waals surface area contributed by atoms with E-state index in [1.807, 2.05) is 0 Å². The number of thioether (sulfide) groups is 1. The summed E-state index contributed by atoms with van der Waals surface area (Å²) in [6.45, 7) is -0.872. The average Bonchev–Trinajstić information content (AvgIpc) is 2.75. The number of aliphatic hydroxyl groups is 3. The second-order valence-corrected chi connectivity index (χ2v) is 5.63. The maximum Gasteiger partial charge on any atom is 0.390 e. The van der Waals surface area contributed by atoms with Crippen molar-refractivity contribution >= 4 is 16.9 Å². The molecule has 2 heterocycles. The smallest absolute Gasteiger partial charge is 0.390 e. The van der Waals surface area contributed by atoms with Crippen LogP contribution in [-0.4, -0.2) is 69.6 Å². The average molecular weight is 316 g/mol. The topological polar surface area (TPSA) is 94.3 Å². The molecule has 2 fully saturated rings. The van der Waals surface area contributed by atoms with Crippen molar-refractivity contribution in [2.75, 3.05) is 13.2 Å². The highest BCUT2D eigenvalue weighted by Gasteiger charge is 2.48. The molecule has 0 radical (unpaired) electrons. The van der Waals surface area contributed by atoms with Crippen LogP contribution < -0.4 is 5.32 Å². The van der Waals surface area contributed by atoms with E-state index in [9.17, 15) is 23.4 Å². The molecule has 6 nitrogen and oxygen atoms in total. The van der Waals surface area contributed by atoms with Crippen molar-refractivity contribution in [1.82, 2.24) is 5.32 Å². The van der Waals surface area contributed by atoms with Crippen LogP contribution in [0.5, 0.6) is 0 Å². The Morgan fingerprint density at radius 3 is 2.60 bits per heavy atom. The van der Waals surface area contributed by atoms with Crippen LogP contribution in [0.3, 0.4) is 0 Å². The zero-order chi connectivity index (χ0) is 14.9. The van der Waals surface area contributed by atoms with Crippen molar-refractivity contribution in [2.45, 2.75) is 42.4 Å². The van der Waals surface area contributed by atoms with E-state index >= 15 is 0 Å². The van der Waals surface area contributed by atoms with E-state index in [2.05, 4.69) is 10.3 Å². The second kappa shape index (κ2) is 6.06. The SMILES string of the molecule is OCC1OC2SC(=NCCC(F)(F)F)NC2C(O)C1O. The summed E-state index contributed by atoms with van der Waals surface area (Å²) in [4.78, 5) is 3.76. The molecule has 0 saturated carbocycles. The summed E-state index contributed by atoms with van der Waals surface area (Å²) in [6, 6.07) is -0.664. The van der Waals surface area contributed by atoms with E-state index in [0.717, 1.165) is 11.8 Å².